The van der Waals surface area contributed by atoms with Crippen molar-refractivity contribution in [2.75, 3.05) is 7.11 Å². The summed E-state index contributed by atoms with van der Waals surface area (Å²) in [5, 5.41) is 69.2. The lowest BCUT2D eigenvalue weighted by Crippen LogP contribution is -2.01. The van der Waals surface area contributed by atoms with Crippen LogP contribution in [0.5, 0.6) is 23.0 Å². The predicted molar refractivity (Wildman–Crippen MR) is 120 cm³/mol. The Morgan fingerprint density at radius 3 is 1.09 bits per heavy atom. The van der Waals surface area contributed by atoms with E-state index in [2.05, 4.69) is 0 Å². The number of rotatable bonds is 9. The molecule has 33 heavy (non-hydrogen) atoms. The van der Waals surface area contributed by atoms with Crippen molar-refractivity contribution >= 4 is 0 Å². The normalized spacial score (nSPS) is 11.1. The Morgan fingerprint density at radius 1 is 0.515 bits per heavy atom. The van der Waals surface area contributed by atoms with Gasteiger partial charge in [-0.3, -0.25) is 0 Å². The minimum Gasteiger partial charge on any atom is -0.507 e. The molecule has 0 spiro atoms. The number of aromatic hydroxyl groups is 3. The first kappa shape index (κ1) is 24.3. The van der Waals surface area contributed by atoms with E-state index in [9.17, 15) is 35.7 Å². The van der Waals surface area contributed by atoms with Crippen molar-refractivity contribution in [3.05, 3.63) is 80.9 Å². The maximum atomic E-state index is 11.0. The topological polar surface area (TPSA) is 151 Å². The summed E-state index contributed by atoms with van der Waals surface area (Å²) >= 11 is 0. The van der Waals surface area contributed by atoms with Crippen molar-refractivity contribution in [2.45, 2.75) is 39.3 Å². The van der Waals surface area contributed by atoms with Gasteiger partial charge in [-0.2, -0.15) is 0 Å². The molecule has 3 aromatic carbocycles. The summed E-state index contributed by atoms with van der Waals surface area (Å²) in [6, 6.07) is 9.78. The molecule has 7 N–H and O–H groups in total. The second-order valence-electron chi connectivity index (χ2n) is 7.81. The third-order valence-electron chi connectivity index (χ3n) is 5.60. The number of hydrogen-bond donors (Lipinski definition) is 7. The molecule has 0 heterocycles. The van der Waals surface area contributed by atoms with Crippen LogP contribution in [0, 0.1) is 0 Å². The van der Waals surface area contributed by atoms with Crippen LogP contribution in [0.3, 0.4) is 0 Å². The van der Waals surface area contributed by atoms with Gasteiger partial charge in [0.05, 0.1) is 33.5 Å². The second-order valence-corrected chi connectivity index (χ2v) is 7.81. The SMILES string of the molecule is COc1cc(Cc2cc(CO)c(O)c(CO)c2)c(O)c(Cc2cc(CO)c(O)c(CO)c2)c1. The Bertz CT molecular complexity index is 1000. The molecule has 0 fully saturated rings. The lowest BCUT2D eigenvalue weighted by atomic mass is 9.94. The molecule has 3 rings (SSSR count). The van der Waals surface area contributed by atoms with Gasteiger partial charge in [-0.15, -0.1) is 0 Å². The Labute approximate surface area is 191 Å². The molecule has 0 bridgehead atoms. The highest BCUT2D eigenvalue weighted by atomic mass is 16.5. The summed E-state index contributed by atoms with van der Waals surface area (Å²) in [6.45, 7) is -1.60. The number of hydrogen-bond acceptors (Lipinski definition) is 8. The lowest BCUT2D eigenvalue weighted by Gasteiger charge is -2.16. The van der Waals surface area contributed by atoms with Crippen LogP contribution < -0.4 is 4.74 Å². The molecule has 0 saturated heterocycles. The molecule has 0 aliphatic rings. The van der Waals surface area contributed by atoms with Crippen LogP contribution in [0.4, 0.5) is 0 Å². The summed E-state index contributed by atoms with van der Waals surface area (Å²) in [4.78, 5) is 0. The summed E-state index contributed by atoms with van der Waals surface area (Å²) < 4.78 is 5.39. The predicted octanol–water partition coefficient (Wildman–Crippen LogP) is 1.96. The van der Waals surface area contributed by atoms with E-state index in [4.69, 9.17) is 4.74 Å². The first-order valence-electron chi connectivity index (χ1n) is 10.3. The Morgan fingerprint density at radius 2 is 0.818 bits per heavy atom. The lowest BCUT2D eigenvalue weighted by molar-refractivity contribution is 0.263. The largest absolute Gasteiger partial charge is 0.507 e. The highest BCUT2D eigenvalue weighted by molar-refractivity contribution is 5.53. The maximum absolute atomic E-state index is 11.0. The van der Waals surface area contributed by atoms with Crippen LogP contribution in [-0.2, 0) is 39.3 Å². The van der Waals surface area contributed by atoms with Crippen molar-refractivity contribution < 1.29 is 40.5 Å². The molecule has 8 nitrogen and oxygen atoms in total. The fraction of sp³-hybridized carbons (Fsp3) is 0.280. The highest BCUT2D eigenvalue weighted by Gasteiger charge is 2.16. The first-order chi connectivity index (χ1) is 15.8. The van der Waals surface area contributed by atoms with Gasteiger partial charge in [0.15, 0.2) is 0 Å². The molecule has 0 aliphatic carbocycles. The Kier molecular flexibility index (Phi) is 7.78. The van der Waals surface area contributed by atoms with Gasteiger partial charge in [-0.1, -0.05) is 0 Å². The molecule has 0 radical (unpaired) electrons. The zero-order valence-electron chi connectivity index (χ0n) is 18.2. The van der Waals surface area contributed by atoms with Gasteiger partial charge in [0.1, 0.15) is 23.0 Å². The fourth-order valence-electron chi connectivity index (χ4n) is 3.91. The van der Waals surface area contributed by atoms with Crippen LogP contribution >= 0.6 is 0 Å². The van der Waals surface area contributed by atoms with E-state index in [1.54, 1.807) is 36.4 Å². The van der Waals surface area contributed by atoms with Crippen LogP contribution in [0.1, 0.15) is 44.5 Å². The molecule has 0 unspecified atom stereocenters. The van der Waals surface area contributed by atoms with Gasteiger partial charge in [0.2, 0.25) is 0 Å². The van der Waals surface area contributed by atoms with E-state index in [0.717, 1.165) is 0 Å². The summed E-state index contributed by atoms with van der Waals surface area (Å²) in [5.41, 5.74) is 3.51. The maximum Gasteiger partial charge on any atom is 0.126 e. The fourth-order valence-corrected chi connectivity index (χ4v) is 3.91. The van der Waals surface area contributed by atoms with Crippen LogP contribution in [0.2, 0.25) is 0 Å². The number of methoxy groups -OCH3 is 1. The third-order valence-corrected chi connectivity index (χ3v) is 5.60. The van der Waals surface area contributed by atoms with Gasteiger partial charge < -0.3 is 40.5 Å². The van der Waals surface area contributed by atoms with Crippen molar-refractivity contribution in [1.82, 2.24) is 0 Å². The average molecular weight is 456 g/mol. The zero-order valence-corrected chi connectivity index (χ0v) is 18.2. The molecule has 0 aromatic heterocycles. The Balaban J connectivity index is 2.02. The second kappa shape index (κ2) is 10.5. The van der Waals surface area contributed by atoms with E-state index < -0.39 is 26.4 Å². The van der Waals surface area contributed by atoms with Crippen molar-refractivity contribution in [2.24, 2.45) is 0 Å². The molecule has 0 atom stereocenters. The highest BCUT2D eigenvalue weighted by Crippen LogP contribution is 2.35. The first-order valence-corrected chi connectivity index (χ1v) is 10.3. The molecule has 0 aliphatic heterocycles. The molecular weight excluding hydrogens is 428 g/mol. The van der Waals surface area contributed by atoms with Gasteiger partial charge in [-0.25, -0.2) is 0 Å². The number of aliphatic hydroxyl groups excluding tert-OH is 4. The molecule has 3 aromatic rings. The third kappa shape index (κ3) is 5.20. The number of phenols is 3. The number of phenolic OH excluding ortho intramolecular Hbond substituents is 1. The Hall–Kier alpha value is -3.30. The number of aliphatic hydroxyl groups is 4. The van der Waals surface area contributed by atoms with Crippen LogP contribution in [0.15, 0.2) is 36.4 Å². The minimum absolute atomic E-state index is 0.0177. The quantitative estimate of drug-likeness (QED) is 0.258. The van der Waals surface area contributed by atoms with E-state index in [1.165, 1.54) is 7.11 Å². The van der Waals surface area contributed by atoms with E-state index in [-0.39, 0.29) is 52.3 Å². The molecule has 0 amide bonds. The molecule has 8 heteroatoms. The van der Waals surface area contributed by atoms with E-state index in [0.29, 0.717) is 28.0 Å². The van der Waals surface area contributed by atoms with E-state index >= 15 is 0 Å². The monoisotopic (exact) mass is 456 g/mol. The number of ether oxygens (including phenoxy) is 1. The van der Waals surface area contributed by atoms with Crippen LogP contribution in [0.25, 0.3) is 0 Å². The minimum atomic E-state index is -0.400. The molecular formula is C25H28O8. The number of benzene rings is 3. The average Bonchev–Trinajstić information content (AvgIpc) is 2.83. The summed E-state index contributed by atoms with van der Waals surface area (Å²) in [6.07, 6.45) is 0.491. The van der Waals surface area contributed by atoms with Gasteiger partial charge in [-0.05, 0) is 47.5 Å². The summed E-state index contributed by atoms with van der Waals surface area (Å²) in [5.74, 6) is 0.200. The van der Waals surface area contributed by atoms with Crippen molar-refractivity contribution in [3.63, 3.8) is 0 Å². The van der Waals surface area contributed by atoms with Gasteiger partial charge in [0, 0.05) is 46.2 Å². The zero-order chi connectivity index (χ0) is 24.1. The van der Waals surface area contributed by atoms with E-state index in [1.807, 2.05) is 0 Å². The van der Waals surface area contributed by atoms with Crippen LogP contribution in [-0.4, -0.2) is 42.9 Å². The van der Waals surface area contributed by atoms with Gasteiger partial charge >= 0.3 is 0 Å². The van der Waals surface area contributed by atoms with Crippen molar-refractivity contribution in [3.8, 4) is 23.0 Å². The van der Waals surface area contributed by atoms with Gasteiger partial charge in [0.25, 0.3) is 0 Å². The smallest absolute Gasteiger partial charge is 0.126 e. The summed E-state index contributed by atoms with van der Waals surface area (Å²) in [7, 11) is 1.50. The molecule has 176 valence electrons. The molecule has 0 saturated carbocycles. The van der Waals surface area contributed by atoms with Crippen molar-refractivity contribution in [1.29, 1.82) is 0 Å². The standard InChI is InChI=1S/C25H28O8/c1-33-22-8-16(2-14-4-18(10-26)24(31)19(5-14)11-27)23(30)17(9-22)3-15-6-20(12-28)25(32)21(7-15)13-29/h4-9,26-32H,2-3,10-13H2,1H3.